The summed E-state index contributed by atoms with van der Waals surface area (Å²) in [5, 5.41) is 10.3. The molecule has 1 aromatic heterocycles. The molecule has 0 amide bonds. The topological polar surface area (TPSA) is 29.9 Å². The molecule has 1 heterocycles. The number of nitrogens with one attached hydrogen (secondary N) is 1. The maximum atomic E-state index is 4.18. The Morgan fingerprint density at radius 2 is 1.95 bits per heavy atom. The second kappa shape index (κ2) is 5.47. The third-order valence-corrected chi connectivity index (χ3v) is 3.64. The van der Waals surface area contributed by atoms with Crippen LogP contribution in [0.5, 0.6) is 0 Å². The number of benzene rings is 2. The maximum Gasteiger partial charge on any atom is 0.0534 e. The van der Waals surface area contributed by atoms with Crippen molar-refractivity contribution in [1.29, 1.82) is 0 Å². The monoisotopic (exact) mass is 265 g/mol. The third-order valence-electron chi connectivity index (χ3n) is 3.64. The lowest BCUT2D eigenvalue weighted by atomic mass is 10.0. The molecule has 1 N–H and O–H groups in total. The molecule has 3 aromatic rings. The summed E-state index contributed by atoms with van der Waals surface area (Å²) in [6, 6.07) is 15.4. The van der Waals surface area contributed by atoms with Crippen molar-refractivity contribution < 1.29 is 0 Å². The van der Waals surface area contributed by atoms with E-state index >= 15 is 0 Å². The first-order valence-corrected chi connectivity index (χ1v) is 6.92. The first kappa shape index (κ1) is 12.9. The number of hydrogen-bond donors (Lipinski definition) is 1. The van der Waals surface area contributed by atoms with Crippen molar-refractivity contribution in [2.45, 2.75) is 19.5 Å². The Kier molecular flexibility index (Phi) is 3.52. The highest BCUT2D eigenvalue weighted by atomic mass is 15.2. The number of rotatable bonds is 4. The molecule has 3 heteroatoms. The van der Waals surface area contributed by atoms with Gasteiger partial charge in [-0.05, 0) is 29.3 Å². The molecular formula is C17H19N3. The third kappa shape index (κ3) is 2.73. The van der Waals surface area contributed by atoms with Gasteiger partial charge in [-0.15, -0.1) is 0 Å². The van der Waals surface area contributed by atoms with Gasteiger partial charge < -0.3 is 5.32 Å². The summed E-state index contributed by atoms with van der Waals surface area (Å²) in [6.45, 7) is 3.03. The van der Waals surface area contributed by atoms with Crippen molar-refractivity contribution >= 4 is 10.8 Å². The van der Waals surface area contributed by atoms with Crippen LogP contribution in [-0.2, 0) is 13.6 Å². The van der Waals surface area contributed by atoms with Gasteiger partial charge in [0.25, 0.3) is 0 Å². The largest absolute Gasteiger partial charge is 0.306 e. The maximum absolute atomic E-state index is 4.18. The Labute approximate surface area is 119 Å². The van der Waals surface area contributed by atoms with Crippen LogP contribution in [0.15, 0.2) is 54.9 Å². The van der Waals surface area contributed by atoms with Crippen molar-refractivity contribution in [3.05, 3.63) is 66.0 Å². The second-order valence-corrected chi connectivity index (χ2v) is 5.23. The van der Waals surface area contributed by atoms with E-state index in [0.717, 1.165) is 6.54 Å². The lowest BCUT2D eigenvalue weighted by molar-refractivity contribution is 0.575. The Morgan fingerprint density at radius 3 is 2.70 bits per heavy atom. The summed E-state index contributed by atoms with van der Waals surface area (Å²) in [7, 11) is 1.94. The lowest BCUT2D eigenvalue weighted by Gasteiger charge is -2.14. The van der Waals surface area contributed by atoms with Crippen LogP contribution in [0.1, 0.15) is 24.1 Å². The van der Waals surface area contributed by atoms with Gasteiger partial charge in [-0.25, -0.2) is 0 Å². The van der Waals surface area contributed by atoms with Gasteiger partial charge in [-0.3, -0.25) is 4.68 Å². The van der Waals surface area contributed by atoms with Crippen LogP contribution in [0.3, 0.4) is 0 Å². The highest BCUT2D eigenvalue weighted by molar-refractivity contribution is 5.83. The molecular weight excluding hydrogens is 246 g/mol. The quantitative estimate of drug-likeness (QED) is 0.783. The molecule has 3 rings (SSSR count). The smallest absolute Gasteiger partial charge is 0.0534 e. The van der Waals surface area contributed by atoms with Gasteiger partial charge in [0.15, 0.2) is 0 Å². The van der Waals surface area contributed by atoms with Crippen LogP contribution < -0.4 is 5.32 Å². The number of fused-ring (bicyclic) bond motifs is 1. The molecule has 0 fully saturated rings. The van der Waals surface area contributed by atoms with E-state index in [1.807, 2.05) is 24.1 Å². The van der Waals surface area contributed by atoms with Crippen LogP contribution in [0, 0.1) is 0 Å². The molecule has 0 bridgehead atoms. The van der Waals surface area contributed by atoms with E-state index < -0.39 is 0 Å². The van der Waals surface area contributed by atoms with Crippen molar-refractivity contribution in [1.82, 2.24) is 15.1 Å². The summed E-state index contributed by atoms with van der Waals surface area (Å²) in [4.78, 5) is 0. The van der Waals surface area contributed by atoms with Gasteiger partial charge in [-0.1, -0.05) is 36.4 Å². The molecule has 0 aliphatic heterocycles. The van der Waals surface area contributed by atoms with Crippen molar-refractivity contribution in [2.24, 2.45) is 7.05 Å². The van der Waals surface area contributed by atoms with Crippen molar-refractivity contribution in [3.8, 4) is 0 Å². The zero-order chi connectivity index (χ0) is 13.9. The summed E-state index contributed by atoms with van der Waals surface area (Å²) < 4.78 is 1.83. The predicted molar refractivity (Wildman–Crippen MR) is 82.4 cm³/mol. The molecule has 0 aliphatic carbocycles. The van der Waals surface area contributed by atoms with Gasteiger partial charge in [-0.2, -0.15) is 5.10 Å². The summed E-state index contributed by atoms with van der Waals surface area (Å²) in [5.74, 6) is 0. The minimum atomic E-state index is 0.319. The summed E-state index contributed by atoms with van der Waals surface area (Å²) in [6.07, 6.45) is 3.94. The fourth-order valence-corrected chi connectivity index (χ4v) is 2.43. The van der Waals surface area contributed by atoms with Crippen LogP contribution in [0.2, 0.25) is 0 Å². The van der Waals surface area contributed by atoms with Crippen LogP contribution in [0.4, 0.5) is 0 Å². The number of aromatic nitrogens is 2. The Balaban J connectivity index is 1.73. The fourth-order valence-electron chi connectivity index (χ4n) is 2.43. The average molecular weight is 265 g/mol. The van der Waals surface area contributed by atoms with Crippen molar-refractivity contribution in [2.75, 3.05) is 0 Å². The first-order valence-electron chi connectivity index (χ1n) is 6.92. The number of hydrogen-bond acceptors (Lipinski definition) is 2. The molecule has 0 radical (unpaired) electrons. The molecule has 3 nitrogen and oxygen atoms in total. The molecule has 1 atom stereocenters. The van der Waals surface area contributed by atoms with Gasteiger partial charge in [0.2, 0.25) is 0 Å². The minimum absolute atomic E-state index is 0.319. The average Bonchev–Trinajstić information content (AvgIpc) is 2.90. The van der Waals surface area contributed by atoms with Gasteiger partial charge in [0, 0.05) is 31.4 Å². The zero-order valence-electron chi connectivity index (χ0n) is 11.9. The lowest BCUT2D eigenvalue weighted by Crippen LogP contribution is -2.17. The number of aryl methyl sites for hydroxylation is 1. The molecule has 20 heavy (non-hydrogen) atoms. The van der Waals surface area contributed by atoms with E-state index in [1.165, 1.54) is 21.9 Å². The summed E-state index contributed by atoms with van der Waals surface area (Å²) >= 11 is 0. The normalized spacial score (nSPS) is 12.7. The Bertz CT molecular complexity index is 715. The van der Waals surface area contributed by atoms with E-state index in [0.29, 0.717) is 6.04 Å². The molecule has 0 aliphatic rings. The van der Waals surface area contributed by atoms with Gasteiger partial charge in [0.05, 0.1) is 6.20 Å². The molecule has 0 saturated carbocycles. The first-order chi connectivity index (χ1) is 9.72. The van der Waals surface area contributed by atoms with E-state index in [4.69, 9.17) is 0 Å². The molecule has 2 aromatic carbocycles. The van der Waals surface area contributed by atoms with E-state index in [2.05, 4.69) is 59.8 Å². The highest BCUT2D eigenvalue weighted by Gasteiger charge is 2.06. The Hall–Kier alpha value is -2.13. The van der Waals surface area contributed by atoms with Crippen LogP contribution in [0.25, 0.3) is 10.8 Å². The van der Waals surface area contributed by atoms with E-state index in [9.17, 15) is 0 Å². The fraction of sp³-hybridized carbons (Fsp3) is 0.235. The van der Waals surface area contributed by atoms with E-state index in [1.54, 1.807) is 0 Å². The molecule has 102 valence electrons. The standard InChI is InChI=1S/C17H19N3/c1-13(18-10-14-11-19-20(2)12-14)16-8-7-15-5-3-4-6-17(15)9-16/h3-9,11-13,18H,10H2,1-2H3. The van der Waals surface area contributed by atoms with Crippen LogP contribution in [-0.4, -0.2) is 9.78 Å². The molecule has 1 unspecified atom stereocenters. The summed E-state index contributed by atoms with van der Waals surface area (Å²) in [5.41, 5.74) is 2.52. The van der Waals surface area contributed by atoms with Crippen LogP contribution >= 0.6 is 0 Å². The van der Waals surface area contributed by atoms with Crippen molar-refractivity contribution in [3.63, 3.8) is 0 Å². The molecule has 0 saturated heterocycles. The second-order valence-electron chi connectivity index (χ2n) is 5.23. The van der Waals surface area contributed by atoms with Gasteiger partial charge >= 0.3 is 0 Å². The molecule has 0 spiro atoms. The minimum Gasteiger partial charge on any atom is -0.306 e. The zero-order valence-corrected chi connectivity index (χ0v) is 11.9. The highest BCUT2D eigenvalue weighted by Crippen LogP contribution is 2.20. The van der Waals surface area contributed by atoms with E-state index in [-0.39, 0.29) is 0 Å². The SMILES string of the molecule is CC(NCc1cnn(C)c1)c1ccc2ccccc2c1. The predicted octanol–water partition coefficient (Wildman–Crippen LogP) is 3.42. The number of nitrogens with zero attached hydrogens (tertiary/aromatic N) is 2. The van der Waals surface area contributed by atoms with Gasteiger partial charge in [0.1, 0.15) is 0 Å². The Morgan fingerprint density at radius 1 is 1.15 bits per heavy atom.